The van der Waals surface area contributed by atoms with Gasteiger partial charge in [0.2, 0.25) is 0 Å². The Hall–Kier alpha value is -2.13. The summed E-state index contributed by atoms with van der Waals surface area (Å²) in [6, 6.07) is 7.42. The number of rotatable bonds is 3. The van der Waals surface area contributed by atoms with Gasteiger partial charge in [0.15, 0.2) is 5.96 Å². The summed E-state index contributed by atoms with van der Waals surface area (Å²) in [5.74, 6) is -0.539. The minimum Gasteiger partial charge on any atom is -0.480 e. The average Bonchev–Trinajstić information content (AvgIpc) is 2.75. The maximum atomic E-state index is 10.4. The summed E-state index contributed by atoms with van der Waals surface area (Å²) in [4.78, 5) is 15.4. The molecule has 4 N–H and O–H groups in total. The number of benzene rings is 1. The van der Waals surface area contributed by atoms with Crippen molar-refractivity contribution in [3.05, 3.63) is 30.3 Å². The first-order chi connectivity index (χ1) is 9.30. The molecule has 0 unspecified atom stereocenters. The Morgan fingerprint density at radius 1 is 1.35 bits per heavy atom. The van der Waals surface area contributed by atoms with E-state index in [2.05, 4.69) is 4.99 Å². The predicted molar refractivity (Wildman–Crippen MR) is 72.0 cm³/mol. The number of hydrogen-bond acceptors (Lipinski definition) is 6. The number of carboxylic acid groups (broad SMARTS) is 1. The van der Waals surface area contributed by atoms with Gasteiger partial charge in [-0.3, -0.25) is 14.3 Å². The quantitative estimate of drug-likeness (QED) is 0.649. The third-order valence-electron chi connectivity index (χ3n) is 2.33. The van der Waals surface area contributed by atoms with Crippen LogP contribution in [0.15, 0.2) is 40.2 Å². The van der Waals surface area contributed by atoms with Crippen molar-refractivity contribution >= 4 is 22.0 Å². The second kappa shape index (κ2) is 6.87. The molecule has 110 valence electrons. The summed E-state index contributed by atoms with van der Waals surface area (Å²) in [7, 11) is -4.00. The fourth-order valence-electron chi connectivity index (χ4n) is 1.42. The summed E-state index contributed by atoms with van der Waals surface area (Å²) in [5, 5.41) is 8.34. The fourth-order valence-corrected chi connectivity index (χ4v) is 1.92. The highest BCUT2D eigenvalue weighted by molar-refractivity contribution is 7.85. The van der Waals surface area contributed by atoms with Crippen LogP contribution in [0.3, 0.4) is 0 Å². The van der Waals surface area contributed by atoms with Gasteiger partial charge in [0.25, 0.3) is 10.1 Å². The number of nitrogens with two attached hydrogens (primary N) is 1. The van der Waals surface area contributed by atoms with Crippen LogP contribution in [0.2, 0.25) is 0 Å². The highest BCUT2D eigenvalue weighted by atomic mass is 32.2. The van der Waals surface area contributed by atoms with Gasteiger partial charge < -0.3 is 15.7 Å². The Balaban J connectivity index is 0.000000200. The Labute approximate surface area is 116 Å². The number of aliphatic carboxylic acids is 1. The SMILES string of the molecule is NC1=NCCN1CC(=O)O.O=S(=O)(O)c1ccccc1. The molecule has 20 heavy (non-hydrogen) atoms. The summed E-state index contributed by atoms with van der Waals surface area (Å²) in [6.07, 6.45) is 0. The van der Waals surface area contributed by atoms with E-state index in [9.17, 15) is 13.2 Å². The molecule has 9 heteroatoms. The molecule has 2 rings (SSSR count). The van der Waals surface area contributed by atoms with Gasteiger partial charge in [0.1, 0.15) is 6.54 Å². The first-order valence-electron chi connectivity index (χ1n) is 5.60. The summed E-state index contributed by atoms with van der Waals surface area (Å²) >= 11 is 0. The number of guanidine groups is 1. The van der Waals surface area contributed by atoms with E-state index in [4.69, 9.17) is 15.4 Å². The van der Waals surface area contributed by atoms with Gasteiger partial charge >= 0.3 is 5.97 Å². The standard InChI is InChI=1S/C6H6O3S.C5H9N3O2/c7-10(8,9)6-4-2-1-3-5-6;6-5-7-1-2-8(5)3-4(9)10/h1-5H,(H,7,8,9);1-3H2,(H2,6,7)(H,9,10). The van der Waals surface area contributed by atoms with Crippen LogP contribution < -0.4 is 5.73 Å². The molecule has 8 nitrogen and oxygen atoms in total. The van der Waals surface area contributed by atoms with Gasteiger partial charge in [0.05, 0.1) is 11.4 Å². The summed E-state index contributed by atoms with van der Waals surface area (Å²) in [6.45, 7) is 1.19. The normalized spacial score (nSPS) is 14.2. The van der Waals surface area contributed by atoms with Crippen LogP contribution in [0.1, 0.15) is 0 Å². The zero-order chi connectivity index (χ0) is 15.2. The smallest absolute Gasteiger partial charge is 0.323 e. The third-order valence-corrected chi connectivity index (χ3v) is 3.20. The predicted octanol–water partition coefficient (Wildman–Crippen LogP) is -0.365. The van der Waals surface area contributed by atoms with E-state index in [1.165, 1.54) is 17.0 Å². The lowest BCUT2D eigenvalue weighted by molar-refractivity contribution is -0.137. The maximum Gasteiger partial charge on any atom is 0.323 e. The molecular formula is C11H15N3O5S. The van der Waals surface area contributed by atoms with Gasteiger partial charge in [-0.2, -0.15) is 8.42 Å². The van der Waals surface area contributed by atoms with Crippen LogP contribution >= 0.6 is 0 Å². The average molecular weight is 301 g/mol. The Morgan fingerprint density at radius 3 is 2.30 bits per heavy atom. The van der Waals surface area contributed by atoms with Crippen molar-refractivity contribution in [2.45, 2.75) is 4.90 Å². The molecule has 0 saturated heterocycles. The molecule has 0 saturated carbocycles. The molecule has 0 aromatic heterocycles. The van der Waals surface area contributed by atoms with Crippen LogP contribution in [0.25, 0.3) is 0 Å². The van der Waals surface area contributed by atoms with Crippen molar-refractivity contribution in [2.75, 3.05) is 19.6 Å². The lowest BCUT2D eigenvalue weighted by Gasteiger charge is -2.13. The van der Waals surface area contributed by atoms with Crippen LogP contribution in [-0.4, -0.2) is 54.5 Å². The van der Waals surface area contributed by atoms with Crippen molar-refractivity contribution in [3.8, 4) is 0 Å². The minimum atomic E-state index is -4.00. The second-order valence-corrected chi connectivity index (χ2v) is 5.26. The van der Waals surface area contributed by atoms with Crippen molar-refractivity contribution in [3.63, 3.8) is 0 Å². The van der Waals surface area contributed by atoms with Crippen molar-refractivity contribution in [2.24, 2.45) is 10.7 Å². The zero-order valence-electron chi connectivity index (χ0n) is 10.5. The molecule has 1 heterocycles. The molecule has 0 fully saturated rings. The van der Waals surface area contributed by atoms with E-state index in [1.807, 2.05) is 0 Å². The lowest BCUT2D eigenvalue weighted by atomic mass is 10.4. The van der Waals surface area contributed by atoms with Gasteiger partial charge in [-0.25, -0.2) is 0 Å². The van der Waals surface area contributed by atoms with Gasteiger partial charge in [-0.15, -0.1) is 0 Å². The Bertz CT molecular complexity index is 585. The van der Waals surface area contributed by atoms with Crippen LogP contribution in [0.4, 0.5) is 0 Å². The molecular weight excluding hydrogens is 286 g/mol. The van der Waals surface area contributed by atoms with E-state index >= 15 is 0 Å². The fraction of sp³-hybridized carbons (Fsp3) is 0.273. The van der Waals surface area contributed by atoms with E-state index in [-0.39, 0.29) is 11.4 Å². The van der Waals surface area contributed by atoms with E-state index in [0.29, 0.717) is 19.0 Å². The molecule has 0 aliphatic carbocycles. The van der Waals surface area contributed by atoms with Crippen molar-refractivity contribution in [1.29, 1.82) is 0 Å². The maximum absolute atomic E-state index is 10.4. The van der Waals surface area contributed by atoms with E-state index in [0.717, 1.165) is 0 Å². The summed E-state index contributed by atoms with van der Waals surface area (Å²) < 4.78 is 29.2. The lowest BCUT2D eigenvalue weighted by Crippen LogP contribution is -2.37. The van der Waals surface area contributed by atoms with E-state index in [1.54, 1.807) is 18.2 Å². The van der Waals surface area contributed by atoms with Gasteiger partial charge in [-0.1, -0.05) is 18.2 Å². The number of carbonyl (C=O) groups is 1. The molecule has 0 amide bonds. The molecule has 1 aliphatic heterocycles. The monoisotopic (exact) mass is 301 g/mol. The topological polar surface area (TPSA) is 133 Å². The van der Waals surface area contributed by atoms with Gasteiger partial charge in [0, 0.05) is 6.54 Å². The first kappa shape index (κ1) is 15.9. The molecule has 1 aromatic rings. The van der Waals surface area contributed by atoms with Crippen LogP contribution in [0, 0.1) is 0 Å². The van der Waals surface area contributed by atoms with Gasteiger partial charge in [-0.05, 0) is 12.1 Å². The van der Waals surface area contributed by atoms with Crippen LogP contribution in [0.5, 0.6) is 0 Å². The largest absolute Gasteiger partial charge is 0.480 e. The molecule has 0 bridgehead atoms. The Kier molecular flexibility index (Phi) is 5.47. The summed E-state index contributed by atoms with van der Waals surface area (Å²) in [5.41, 5.74) is 5.34. The van der Waals surface area contributed by atoms with Crippen molar-refractivity contribution < 1.29 is 22.9 Å². The van der Waals surface area contributed by atoms with E-state index < -0.39 is 16.1 Å². The minimum absolute atomic E-state index is 0.0463. The van der Waals surface area contributed by atoms with Crippen LogP contribution in [-0.2, 0) is 14.9 Å². The highest BCUT2D eigenvalue weighted by Gasteiger charge is 2.15. The molecule has 0 atom stereocenters. The number of nitrogens with zero attached hydrogens (tertiary/aromatic N) is 2. The molecule has 0 spiro atoms. The molecule has 1 aromatic carbocycles. The molecule has 0 radical (unpaired) electrons. The number of carboxylic acids is 1. The van der Waals surface area contributed by atoms with Crippen molar-refractivity contribution in [1.82, 2.24) is 4.90 Å². The zero-order valence-corrected chi connectivity index (χ0v) is 11.3. The second-order valence-electron chi connectivity index (χ2n) is 3.84. The number of aliphatic imine (C=N–C) groups is 1. The number of hydrogen-bond donors (Lipinski definition) is 3. The molecule has 1 aliphatic rings. The first-order valence-corrected chi connectivity index (χ1v) is 7.04. The highest BCUT2D eigenvalue weighted by Crippen LogP contribution is 2.05. The third kappa shape index (κ3) is 5.24. The Morgan fingerprint density at radius 2 is 1.95 bits per heavy atom.